The molecule has 0 spiro atoms. The Morgan fingerprint density at radius 2 is 1.79 bits per heavy atom. The van der Waals surface area contributed by atoms with Crippen molar-refractivity contribution in [2.75, 3.05) is 22.5 Å². The Balaban J connectivity index is 1.52. The maximum Gasteiger partial charge on any atom is 0.303 e. The van der Waals surface area contributed by atoms with Gasteiger partial charge in [-0.15, -0.1) is 11.8 Å². The number of carboxylic acids is 1. The zero-order chi connectivity index (χ0) is 19.9. The summed E-state index contributed by atoms with van der Waals surface area (Å²) < 4.78 is 0. The molecule has 2 aromatic rings. The first-order valence-electron chi connectivity index (χ1n) is 9.16. The maximum atomic E-state index is 12.7. The molecular formula is C21H22N2O4S. The molecule has 1 aliphatic heterocycles. The van der Waals surface area contributed by atoms with Gasteiger partial charge in [-0.2, -0.15) is 0 Å². The van der Waals surface area contributed by atoms with Gasteiger partial charge in [0.25, 0.3) is 0 Å². The van der Waals surface area contributed by atoms with Crippen molar-refractivity contribution >= 4 is 40.9 Å². The molecule has 0 aromatic heterocycles. The van der Waals surface area contributed by atoms with Crippen molar-refractivity contribution in [1.29, 1.82) is 0 Å². The molecule has 0 radical (unpaired) electrons. The van der Waals surface area contributed by atoms with Crippen molar-refractivity contribution in [2.45, 2.75) is 30.6 Å². The molecule has 6 nitrogen and oxygen atoms in total. The van der Waals surface area contributed by atoms with Gasteiger partial charge in [-0.05, 0) is 48.7 Å². The molecule has 0 bridgehead atoms. The number of carboxylic acid groups (broad SMARTS) is 1. The Hall–Kier alpha value is -2.80. The number of aliphatic carboxylic acids is 1. The van der Waals surface area contributed by atoms with Gasteiger partial charge in [0.2, 0.25) is 11.8 Å². The third-order valence-electron chi connectivity index (χ3n) is 4.48. The average molecular weight is 398 g/mol. The first-order chi connectivity index (χ1) is 13.5. The molecule has 0 unspecified atom stereocenters. The molecule has 0 fully saturated rings. The molecule has 0 atom stereocenters. The minimum Gasteiger partial charge on any atom is -0.481 e. The van der Waals surface area contributed by atoms with E-state index in [9.17, 15) is 14.4 Å². The monoisotopic (exact) mass is 398 g/mol. The number of benzene rings is 2. The van der Waals surface area contributed by atoms with Crippen LogP contribution in [0.5, 0.6) is 0 Å². The summed E-state index contributed by atoms with van der Waals surface area (Å²) in [6, 6.07) is 15.2. The van der Waals surface area contributed by atoms with Gasteiger partial charge in [-0.3, -0.25) is 14.4 Å². The third kappa shape index (κ3) is 5.36. The number of para-hydroxylation sites is 1. The highest BCUT2D eigenvalue weighted by Gasteiger charge is 2.21. The number of carbonyl (C=O) groups is 3. The normalized spacial score (nSPS) is 12.9. The lowest BCUT2D eigenvalue weighted by molar-refractivity contribution is -0.138. The summed E-state index contributed by atoms with van der Waals surface area (Å²) in [6.45, 7) is 0.748. The second-order valence-corrected chi connectivity index (χ2v) is 7.58. The molecule has 3 rings (SSSR count). The van der Waals surface area contributed by atoms with Gasteiger partial charge in [0.05, 0.1) is 12.2 Å². The van der Waals surface area contributed by atoms with Crippen molar-refractivity contribution < 1.29 is 19.5 Å². The first kappa shape index (κ1) is 19.9. The fourth-order valence-electron chi connectivity index (χ4n) is 3.09. The summed E-state index contributed by atoms with van der Waals surface area (Å²) in [5, 5.41) is 11.3. The minimum absolute atomic E-state index is 0.0579. The van der Waals surface area contributed by atoms with E-state index in [1.165, 1.54) is 17.3 Å². The second-order valence-electron chi connectivity index (χ2n) is 6.53. The van der Waals surface area contributed by atoms with Gasteiger partial charge in [0.15, 0.2) is 0 Å². The quantitative estimate of drug-likeness (QED) is 0.697. The van der Waals surface area contributed by atoms with Gasteiger partial charge in [-0.1, -0.05) is 18.2 Å². The number of amides is 2. The summed E-state index contributed by atoms with van der Waals surface area (Å²) in [6.07, 6.45) is 1.73. The first-order valence-corrected chi connectivity index (χ1v) is 10.1. The van der Waals surface area contributed by atoms with Crippen molar-refractivity contribution in [3.05, 3.63) is 54.1 Å². The second kappa shape index (κ2) is 9.41. The number of carbonyl (C=O) groups excluding carboxylic acids is 2. The molecule has 2 aromatic carbocycles. The highest BCUT2D eigenvalue weighted by molar-refractivity contribution is 8.00. The lowest BCUT2D eigenvalue weighted by Gasteiger charge is -2.29. The number of nitrogens with one attached hydrogen (secondary N) is 1. The Kier molecular flexibility index (Phi) is 6.71. The van der Waals surface area contributed by atoms with E-state index in [0.29, 0.717) is 11.4 Å². The summed E-state index contributed by atoms with van der Waals surface area (Å²) in [5.41, 5.74) is 2.84. The highest BCUT2D eigenvalue weighted by atomic mass is 32.2. The number of anilines is 2. The van der Waals surface area contributed by atoms with Crippen LogP contribution in [0.2, 0.25) is 0 Å². The van der Waals surface area contributed by atoms with E-state index in [1.54, 1.807) is 12.1 Å². The molecule has 1 heterocycles. The highest BCUT2D eigenvalue weighted by Crippen LogP contribution is 2.28. The van der Waals surface area contributed by atoms with E-state index < -0.39 is 5.97 Å². The molecule has 7 heteroatoms. The molecular weight excluding hydrogens is 376 g/mol. The van der Waals surface area contributed by atoms with E-state index in [2.05, 4.69) is 11.4 Å². The molecule has 2 amide bonds. The lowest BCUT2D eigenvalue weighted by Crippen LogP contribution is -2.36. The summed E-state index contributed by atoms with van der Waals surface area (Å²) in [4.78, 5) is 37.6. The zero-order valence-corrected chi connectivity index (χ0v) is 16.2. The number of rotatable bonds is 7. The Bertz CT molecular complexity index is 867. The van der Waals surface area contributed by atoms with E-state index in [4.69, 9.17) is 5.11 Å². The number of fused-ring (bicyclic) bond motifs is 1. The van der Waals surface area contributed by atoms with Gasteiger partial charge in [0, 0.05) is 29.2 Å². The van der Waals surface area contributed by atoms with Crippen LogP contribution in [0.15, 0.2) is 53.4 Å². The van der Waals surface area contributed by atoms with Crippen LogP contribution in [-0.4, -0.2) is 35.2 Å². The van der Waals surface area contributed by atoms with Crippen molar-refractivity contribution in [3.8, 4) is 0 Å². The van der Waals surface area contributed by atoms with Crippen molar-refractivity contribution in [3.63, 3.8) is 0 Å². The van der Waals surface area contributed by atoms with Crippen LogP contribution in [0.25, 0.3) is 0 Å². The number of nitrogens with zero attached hydrogens (tertiary/aromatic N) is 1. The van der Waals surface area contributed by atoms with Crippen LogP contribution in [-0.2, 0) is 20.8 Å². The Morgan fingerprint density at radius 3 is 2.54 bits per heavy atom. The van der Waals surface area contributed by atoms with Crippen LogP contribution in [0, 0.1) is 0 Å². The Morgan fingerprint density at radius 1 is 1.04 bits per heavy atom. The number of thioether (sulfide) groups is 1. The van der Waals surface area contributed by atoms with E-state index >= 15 is 0 Å². The number of hydrogen-bond donors (Lipinski definition) is 2. The summed E-state index contributed by atoms with van der Waals surface area (Å²) in [5.74, 6) is -0.897. The van der Waals surface area contributed by atoms with E-state index in [-0.39, 0.29) is 24.7 Å². The number of aryl methyl sites for hydroxylation is 1. The maximum absolute atomic E-state index is 12.7. The molecule has 2 N–H and O–H groups in total. The predicted molar refractivity (Wildman–Crippen MR) is 110 cm³/mol. The summed E-state index contributed by atoms with van der Waals surface area (Å²) in [7, 11) is 0. The topological polar surface area (TPSA) is 86.7 Å². The smallest absolute Gasteiger partial charge is 0.303 e. The Labute approximate surface area is 167 Å². The van der Waals surface area contributed by atoms with Crippen molar-refractivity contribution in [1.82, 2.24) is 0 Å². The molecule has 0 saturated carbocycles. The SMILES string of the molecule is O=C(O)CCC(=O)Nc1ccc(SCC(=O)N2CCCc3ccccc32)cc1. The third-order valence-corrected chi connectivity index (χ3v) is 5.47. The van der Waals surface area contributed by atoms with Gasteiger partial charge in [0.1, 0.15) is 0 Å². The van der Waals surface area contributed by atoms with Gasteiger partial charge in [-0.25, -0.2) is 0 Å². The molecule has 0 saturated heterocycles. The zero-order valence-electron chi connectivity index (χ0n) is 15.4. The van der Waals surface area contributed by atoms with E-state index in [1.807, 2.05) is 35.2 Å². The van der Waals surface area contributed by atoms with E-state index in [0.717, 1.165) is 30.0 Å². The summed E-state index contributed by atoms with van der Waals surface area (Å²) >= 11 is 1.46. The fraction of sp³-hybridized carbons (Fsp3) is 0.286. The molecule has 28 heavy (non-hydrogen) atoms. The average Bonchev–Trinajstić information content (AvgIpc) is 2.71. The standard InChI is InChI=1S/C21H22N2O4S/c24-19(11-12-21(26)27)22-16-7-9-17(10-8-16)28-14-20(25)23-13-3-5-15-4-1-2-6-18(15)23/h1-2,4,6-10H,3,5,11-14H2,(H,22,24)(H,26,27). The molecule has 1 aliphatic rings. The lowest BCUT2D eigenvalue weighted by atomic mass is 10.0. The van der Waals surface area contributed by atoms with Crippen LogP contribution >= 0.6 is 11.8 Å². The number of hydrogen-bond acceptors (Lipinski definition) is 4. The van der Waals surface area contributed by atoms with Crippen LogP contribution in [0.3, 0.4) is 0 Å². The predicted octanol–water partition coefficient (Wildman–Crippen LogP) is 3.56. The van der Waals surface area contributed by atoms with Gasteiger partial charge < -0.3 is 15.3 Å². The minimum atomic E-state index is -0.997. The molecule has 146 valence electrons. The van der Waals surface area contributed by atoms with Crippen molar-refractivity contribution in [2.24, 2.45) is 0 Å². The largest absolute Gasteiger partial charge is 0.481 e. The van der Waals surface area contributed by atoms with Crippen LogP contribution < -0.4 is 10.2 Å². The van der Waals surface area contributed by atoms with Crippen LogP contribution in [0.1, 0.15) is 24.8 Å². The molecule has 0 aliphatic carbocycles. The van der Waals surface area contributed by atoms with Gasteiger partial charge >= 0.3 is 5.97 Å². The fourth-order valence-corrected chi connectivity index (χ4v) is 3.87. The van der Waals surface area contributed by atoms with Crippen LogP contribution in [0.4, 0.5) is 11.4 Å².